The number of hydrogen-bond donors (Lipinski definition) is 1. The van der Waals surface area contributed by atoms with E-state index in [1.54, 1.807) is 30.3 Å². The number of furan rings is 1. The van der Waals surface area contributed by atoms with Gasteiger partial charge in [-0.1, -0.05) is 23.2 Å². The van der Waals surface area contributed by atoms with Crippen LogP contribution in [-0.2, 0) is 9.59 Å². The van der Waals surface area contributed by atoms with Crippen LogP contribution in [0.2, 0.25) is 10.0 Å². The lowest BCUT2D eigenvalue weighted by atomic mass is 10.1. The molecular weight excluding hydrogens is 433 g/mol. The Morgan fingerprint density at radius 3 is 2.40 bits per heavy atom. The molecule has 30 heavy (non-hydrogen) atoms. The average molecular weight is 444 g/mol. The van der Waals surface area contributed by atoms with Crippen molar-refractivity contribution in [1.29, 1.82) is 0 Å². The first-order chi connectivity index (χ1) is 14.3. The van der Waals surface area contributed by atoms with Gasteiger partial charge in [0, 0.05) is 17.7 Å². The van der Waals surface area contributed by atoms with Gasteiger partial charge in [0.25, 0.3) is 17.5 Å². The number of carbonyl (C=O) groups excluding carboxylic acids is 2. The third-order valence-electron chi connectivity index (χ3n) is 4.33. The van der Waals surface area contributed by atoms with Gasteiger partial charge in [0.15, 0.2) is 0 Å². The summed E-state index contributed by atoms with van der Waals surface area (Å²) < 4.78 is 5.67. The van der Waals surface area contributed by atoms with Crippen molar-refractivity contribution in [2.24, 2.45) is 0 Å². The van der Waals surface area contributed by atoms with Crippen LogP contribution in [0.1, 0.15) is 5.76 Å². The Morgan fingerprint density at radius 1 is 1.00 bits per heavy atom. The van der Waals surface area contributed by atoms with Crippen LogP contribution in [0.5, 0.6) is 0 Å². The summed E-state index contributed by atoms with van der Waals surface area (Å²) >= 11 is 11.9. The molecule has 1 saturated heterocycles. The molecule has 150 valence electrons. The van der Waals surface area contributed by atoms with Crippen LogP contribution in [0.4, 0.5) is 11.4 Å². The molecule has 0 bridgehead atoms. The number of amides is 2. The van der Waals surface area contributed by atoms with Crippen LogP contribution < -0.4 is 10.4 Å². The second-order valence-electron chi connectivity index (χ2n) is 6.24. The van der Waals surface area contributed by atoms with Crippen molar-refractivity contribution in [2.45, 2.75) is 0 Å². The molecule has 0 aliphatic carbocycles. The summed E-state index contributed by atoms with van der Waals surface area (Å²) in [7, 11) is 0. The number of halogens is 2. The number of nitrogens with zero attached hydrogens (tertiary/aromatic N) is 2. The van der Waals surface area contributed by atoms with Crippen molar-refractivity contribution in [3.8, 4) is 11.3 Å². The molecule has 4 rings (SSSR count). The Kier molecular flexibility index (Phi) is 5.03. The van der Waals surface area contributed by atoms with Crippen molar-refractivity contribution >= 4 is 52.5 Å². The Balaban J connectivity index is 1.59. The number of non-ortho nitro benzene ring substituents is 1. The topological polar surface area (TPSA) is 106 Å². The highest BCUT2D eigenvalue weighted by molar-refractivity contribution is 6.42. The summed E-state index contributed by atoms with van der Waals surface area (Å²) in [4.78, 5) is 35.2. The molecule has 8 nitrogen and oxygen atoms in total. The molecule has 2 aromatic carbocycles. The number of hydrogen-bond acceptors (Lipinski definition) is 5. The first-order valence-corrected chi connectivity index (χ1v) is 9.26. The predicted octanol–water partition coefficient (Wildman–Crippen LogP) is 4.62. The van der Waals surface area contributed by atoms with E-state index in [2.05, 4.69) is 5.43 Å². The maximum atomic E-state index is 12.7. The molecule has 0 saturated carbocycles. The van der Waals surface area contributed by atoms with E-state index in [1.165, 1.54) is 30.3 Å². The summed E-state index contributed by atoms with van der Waals surface area (Å²) in [5, 5.41) is 12.4. The molecule has 0 radical (unpaired) electrons. The molecule has 3 aromatic rings. The van der Waals surface area contributed by atoms with Crippen molar-refractivity contribution < 1.29 is 18.9 Å². The lowest BCUT2D eigenvalue weighted by molar-refractivity contribution is -0.384. The molecule has 2 heterocycles. The number of nitrogens with one attached hydrogen (secondary N) is 1. The van der Waals surface area contributed by atoms with Gasteiger partial charge in [-0.15, -0.1) is 0 Å². The largest absolute Gasteiger partial charge is 0.457 e. The minimum Gasteiger partial charge on any atom is -0.457 e. The van der Waals surface area contributed by atoms with Gasteiger partial charge < -0.3 is 4.42 Å². The number of carbonyl (C=O) groups is 2. The highest BCUT2D eigenvalue weighted by atomic mass is 35.5. The molecule has 1 aliphatic heterocycles. The van der Waals surface area contributed by atoms with E-state index >= 15 is 0 Å². The van der Waals surface area contributed by atoms with E-state index in [1.807, 2.05) is 0 Å². The Morgan fingerprint density at radius 2 is 1.73 bits per heavy atom. The minimum absolute atomic E-state index is 0.0386. The fraction of sp³-hybridized carbons (Fsp3) is 0. The Bertz CT molecular complexity index is 1220. The summed E-state index contributed by atoms with van der Waals surface area (Å²) in [6, 6.07) is 13.6. The summed E-state index contributed by atoms with van der Waals surface area (Å²) in [5.41, 5.74) is 3.28. The van der Waals surface area contributed by atoms with Crippen LogP contribution in [0.25, 0.3) is 17.4 Å². The number of nitro benzene ring substituents is 1. The van der Waals surface area contributed by atoms with Crippen LogP contribution in [0.15, 0.2) is 64.6 Å². The lowest BCUT2D eigenvalue weighted by Gasteiger charge is -2.15. The quantitative estimate of drug-likeness (QED) is 0.274. The molecule has 0 spiro atoms. The molecule has 0 unspecified atom stereocenters. The van der Waals surface area contributed by atoms with Gasteiger partial charge in [0.05, 0.1) is 20.7 Å². The van der Waals surface area contributed by atoms with Crippen molar-refractivity contribution in [3.63, 3.8) is 0 Å². The smallest absolute Gasteiger partial charge is 0.282 e. The highest BCUT2D eigenvalue weighted by Crippen LogP contribution is 2.30. The molecule has 1 fully saturated rings. The first-order valence-electron chi connectivity index (χ1n) is 8.50. The number of rotatable bonds is 4. The SMILES string of the molecule is O=C1NN(c2ccc(Cl)c(Cl)c2)C(=O)/C1=C/c1ccc(-c2ccc([N+](=O)[O-])cc2)o1. The normalized spacial score (nSPS) is 15.0. The zero-order valence-electron chi connectivity index (χ0n) is 15.0. The van der Waals surface area contributed by atoms with E-state index < -0.39 is 16.7 Å². The van der Waals surface area contributed by atoms with Gasteiger partial charge in [-0.25, -0.2) is 5.01 Å². The van der Waals surface area contributed by atoms with E-state index in [4.69, 9.17) is 27.6 Å². The molecule has 1 aliphatic rings. The number of anilines is 1. The summed E-state index contributed by atoms with van der Waals surface area (Å²) in [6.45, 7) is 0. The van der Waals surface area contributed by atoms with Gasteiger partial charge in [-0.05, 0) is 48.5 Å². The van der Waals surface area contributed by atoms with Gasteiger partial charge in [0.1, 0.15) is 17.1 Å². The van der Waals surface area contributed by atoms with Crippen molar-refractivity contribution in [2.75, 3.05) is 5.01 Å². The van der Waals surface area contributed by atoms with E-state index in [0.717, 1.165) is 5.01 Å². The van der Waals surface area contributed by atoms with Crippen LogP contribution in [0, 0.1) is 10.1 Å². The van der Waals surface area contributed by atoms with Gasteiger partial charge in [-0.3, -0.25) is 25.1 Å². The van der Waals surface area contributed by atoms with Crippen LogP contribution in [-0.4, -0.2) is 16.7 Å². The molecule has 0 atom stereocenters. The second-order valence-corrected chi connectivity index (χ2v) is 7.06. The predicted molar refractivity (Wildman–Crippen MR) is 111 cm³/mol. The van der Waals surface area contributed by atoms with E-state index in [9.17, 15) is 19.7 Å². The standard InChI is InChI=1S/C20H11Cl2N3O5/c21-16-7-5-13(9-17(16)22)24-20(27)15(19(26)23-24)10-14-6-8-18(30-14)11-1-3-12(4-2-11)25(28)29/h1-10H,(H,23,26)/b15-10+. The van der Waals surface area contributed by atoms with Crippen LogP contribution in [0.3, 0.4) is 0 Å². The zero-order valence-corrected chi connectivity index (χ0v) is 16.5. The van der Waals surface area contributed by atoms with E-state index in [0.29, 0.717) is 22.0 Å². The lowest BCUT2D eigenvalue weighted by Crippen LogP contribution is -2.35. The maximum absolute atomic E-state index is 12.7. The molecule has 10 heteroatoms. The third-order valence-corrected chi connectivity index (χ3v) is 5.07. The van der Waals surface area contributed by atoms with Gasteiger partial charge >= 0.3 is 0 Å². The van der Waals surface area contributed by atoms with Crippen molar-refractivity contribution in [3.05, 3.63) is 86.1 Å². The molecular formula is C20H11Cl2N3O5. The highest BCUT2D eigenvalue weighted by Gasteiger charge is 2.35. The fourth-order valence-electron chi connectivity index (χ4n) is 2.84. The monoisotopic (exact) mass is 443 g/mol. The average Bonchev–Trinajstić information content (AvgIpc) is 3.30. The van der Waals surface area contributed by atoms with Crippen LogP contribution >= 0.6 is 23.2 Å². The third kappa shape index (κ3) is 3.66. The van der Waals surface area contributed by atoms with Gasteiger partial charge in [0.2, 0.25) is 0 Å². The summed E-state index contributed by atoms with van der Waals surface area (Å²) in [5.74, 6) is -0.465. The number of hydrazine groups is 1. The zero-order chi connectivity index (χ0) is 21.4. The van der Waals surface area contributed by atoms with Crippen molar-refractivity contribution in [1.82, 2.24) is 5.43 Å². The Labute approximate surface area is 179 Å². The minimum atomic E-state index is -0.598. The number of nitro groups is 1. The summed E-state index contributed by atoms with van der Waals surface area (Å²) in [6.07, 6.45) is 1.32. The maximum Gasteiger partial charge on any atom is 0.282 e. The fourth-order valence-corrected chi connectivity index (χ4v) is 3.13. The molecule has 2 amide bonds. The number of benzene rings is 2. The second kappa shape index (κ2) is 7.66. The molecule has 1 aromatic heterocycles. The van der Waals surface area contributed by atoms with Gasteiger partial charge in [-0.2, -0.15) is 0 Å². The first kappa shape index (κ1) is 19.7. The van der Waals surface area contributed by atoms with E-state index in [-0.39, 0.29) is 22.0 Å². The molecule has 1 N–H and O–H groups in total. The Hall–Kier alpha value is -3.62.